The topological polar surface area (TPSA) is 90.7 Å². The van der Waals surface area contributed by atoms with Crippen LogP contribution in [0.15, 0.2) is 65.7 Å². The van der Waals surface area contributed by atoms with E-state index in [1.807, 2.05) is 6.07 Å². The number of nitrogens with zero attached hydrogens (tertiary/aromatic N) is 3. The van der Waals surface area contributed by atoms with E-state index in [4.69, 9.17) is 9.47 Å². The molecule has 0 spiro atoms. The number of aromatic nitrogens is 2. The van der Waals surface area contributed by atoms with Crippen LogP contribution in [0.2, 0.25) is 0 Å². The number of morpholine rings is 1. The molecule has 2 heterocycles. The molecule has 4 rings (SSSR count). The largest absolute Gasteiger partial charge is 0.446 e. The van der Waals surface area contributed by atoms with Crippen LogP contribution in [0.25, 0.3) is 10.9 Å². The van der Waals surface area contributed by atoms with E-state index in [9.17, 15) is 14.4 Å². The molecule has 2 aromatic carbocycles. The SMILES string of the molecule is O=C(Cn1cnc2ccccc2c1=O)O[C@@H](C(=O)N1CCOCC1)c1ccccc1. The van der Waals surface area contributed by atoms with Crippen molar-refractivity contribution < 1.29 is 19.1 Å². The van der Waals surface area contributed by atoms with Crippen LogP contribution in [-0.4, -0.2) is 52.6 Å². The van der Waals surface area contributed by atoms with Crippen molar-refractivity contribution in [2.75, 3.05) is 26.3 Å². The third-order valence-electron chi connectivity index (χ3n) is 4.93. The Morgan fingerprint density at radius 3 is 2.50 bits per heavy atom. The molecule has 1 saturated heterocycles. The Bertz CT molecular complexity index is 1110. The zero-order valence-corrected chi connectivity index (χ0v) is 16.3. The van der Waals surface area contributed by atoms with Crippen molar-refractivity contribution in [2.45, 2.75) is 12.6 Å². The van der Waals surface area contributed by atoms with Gasteiger partial charge in [0.05, 0.1) is 30.4 Å². The number of benzene rings is 2. The molecule has 8 heteroatoms. The summed E-state index contributed by atoms with van der Waals surface area (Å²) in [5.74, 6) is -0.994. The van der Waals surface area contributed by atoms with Gasteiger partial charge < -0.3 is 14.4 Å². The fraction of sp³-hybridized carbons (Fsp3) is 0.273. The van der Waals surface area contributed by atoms with E-state index >= 15 is 0 Å². The highest BCUT2D eigenvalue weighted by Gasteiger charge is 2.30. The number of esters is 1. The summed E-state index contributed by atoms with van der Waals surface area (Å²) in [7, 11) is 0. The summed E-state index contributed by atoms with van der Waals surface area (Å²) in [6, 6.07) is 15.8. The zero-order chi connectivity index (χ0) is 20.9. The monoisotopic (exact) mass is 407 g/mol. The van der Waals surface area contributed by atoms with Gasteiger partial charge in [0.2, 0.25) is 6.10 Å². The maximum Gasteiger partial charge on any atom is 0.327 e. The molecule has 8 nitrogen and oxygen atoms in total. The minimum absolute atomic E-state index is 0.304. The molecule has 0 bridgehead atoms. The van der Waals surface area contributed by atoms with Crippen LogP contribution in [0.3, 0.4) is 0 Å². The number of fused-ring (bicyclic) bond motifs is 1. The highest BCUT2D eigenvalue weighted by Crippen LogP contribution is 2.21. The van der Waals surface area contributed by atoms with Crippen molar-refractivity contribution in [1.29, 1.82) is 0 Å². The van der Waals surface area contributed by atoms with Crippen molar-refractivity contribution in [1.82, 2.24) is 14.5 Å². The number of amides is 1. The third kappa shape index (κ3) is 4.23. The maximum absolute atomic E-state index is 13.0. The van der Waals surface area contributed by atoms with Gasteiger partial charge in [0.25, 0.3) is 11.5 Å². The van der Waals surface area contributed by atoms with E-state index in [0.717, 1.165) is 0 Å². The number of para-hydroxylation sites is 1. The molecule has 1 fully saturated rings. The van der Waals surface area contributed by atoms with E-state index in [-0.39, 0.29) is 18.0 Å². The molecule has 154 valence electrons. The quantitative estimate of drug-likeness (QED) is 0.596. The van der Waals surface area contributed by atoms with E-state index < -0.39 is 12.1 Å². The summed E-state index contributed by atoms with van der Waals surface area (Å²) in [4.78, 5) is 44.2. The molecular formula is C22H21N3O5. The van der Waals surface area contributed by atoms with Gasteiger partial charge >= 0.3 is 5.97 Å². The number of carbonyl (C=O) groups is 2. The van der Waals surface area contributed by atoms with E-state index in [1.54, 1.807) is 53.4 Å². The van der Waals surface area contributed by atoms with Crippen LogP contribution in [0.4, 0.5) is 0 Å². The van der Waals surface area contributed by atoms with Gasteiger partial charge in [-0.1, -0.05) is 42.5 Å². The number of ether oxygens (including phenoxy) is 2. The third-order valence-corrected chi connectivity index (χ3v) is 4.93. The summed E-state index contributed by atoms with van der Waals surface area (Å²) in [5, 5.41) is 0.414. The highest BCUT2D eigenvalue weighted by molar-refractivity contribution is 5.85. The lowest BCUT2D eigenvalue weighted by atomic mass is 10.1. The number of carbonyl (C=O) groups excluding carboxylic acids is 2. The maximum atomic E-state index is 13.0. The molecule has 3 aromatic rings. The highest BCUT2D eigenvalue weighted by atomic mass is 16.5. The zero-order valence-electron chi connectivity index (χ0n) is 16.3. The van der Waals surface area contributed by atoms with Gasteiger partial charge in [-0.25, -0.2) is 4.98 Å². The summed E-state index contributed by atoms with van der Waals surface area (Å²) in [5.41, 5.74) is 0.788. The van der Waals surface area contributed by atoms with Crippen LogP contribution in [0.5, 0.6) is 0 Å². The lowest BCUT2D eigenvalue weighted by Gasteiger charge is -2.30. The fourth-order valence-corrected chi connectivity index (χ4v) is 3.36. The minimum atomic E-state index is -1.08. The van der Waals surface area contributed by atoms with Gasteiger partial charge in [-0.15, -0.1) is 0 Å². The van der Waals surface area contributed by atoms with Gasteiger partial charge in [0.1, 0.15) is 6.54 Å². The van der Waals surface area contributed by atoms with Crippen LogP contribution < -0.4 is 5.56 Å². The Kier molecular flexibility index (Phi) is 5.85. The van der Waals surface area contributed by atoms with Crippen molar-refractivity contribution >= 4 is 22.8 Å². The first-order valence-electron chi connectivity index (χ1n) is 9.68. The lowest BCUT2D eigenvalue weighted by Crippen LogP contribution is -2.44. The molecule has 0 saturated carbocycles. The summed E-state index contributed by atoms with van der Waals surface area (Å²) < 4.78 is 12.0. The molecule has 0 aliphatic carbocycles. The van der Waals surface area contributed by atoms with Crippen LogP contribution >= 0.6 is 0 Å². The first-order chi connectivity index (χ1) is 14.6. The molecule has 1 aliphatic rings. The molecule has 30 heavy (non-hydrogen) atoms. The van der Waals surface area contributed by atoms with Crippen molar-refractivity contribution in [3.05, 3.63) is 76.8 Å². The first-order valence-corrected chi connectivity index (χ1v) is 9.68. The van der Waals surface area contributed by atoms with Gasteiger partial charge in [-0.3, -0.25) is 19.0 Å². The van der Waals surface area contributed by atoms with Crippen LogP contribution in [0.1, 0.15) is 11.7 Å². The smallest absolute Gasteiger partial charge is 0.327 e. The van der Waals surface area contributed by atoms with E-state index in [0.29, 0.717) is 42.8 Å². The number of rotatable bonds is 5. The van der Waals surface area contributed by atoms with Crippen molar-refractivity contribution in [3.8, 4) is 0 Å². The second-order valence-electron chi connectivity index (χ2n) is 6.91. The van der Waals surface area contributed by atoms with Gasteiger partial charge in [-0.05, 0) is 12.1 Å². The number of hydrogen-bond donors (Lipinski definition) is 0. The number of hydrogen-bond acceptors (Lipinski definition) is 6. The first kappa shape index (κ1) is 19.8. The Morgan fingerprint density at radius 1 is 1.03 bits per heavy atom. The Balaban J connectivity index is 1.55. The van der Waals surface area contributed by atoms with Crippen LogP contribution in [0, 0.1) is 0 Å². The second-order valence-corrected chi connectivity index (χ2v) is 6.91. The molecule has 0 unspecified atom stereocenters. The lowest BCUT2D eigenvalue weighted by molar-refractivity contribution is -0.163. The van der Waals surface area contributed by atoms with Gasteiger partial charge in [0, 0.05) is 18.7 Å². The summed E-state index contributed by atoms with van der Waals surface area (Å²) in [6.45, 7) is 1.43. The van der Waals surface area contributed by atoms with E-state index in [1.165, 1.54) is 10.9 Å². The summed E-state index contributed by atoms with van der Waals surface area (Å²) >= 11 is 0. The molecule has 1 atom stereocenters. The van der Waals surface area contributed by atoms with Crippen LogP contribution in [-0.2, 0) is 25.6 Å². The Labute approximate surface area is 172 Å². The predicted octanol–water partition coefficient (Wildman–Crippen LogP) is 1.54. The minimum Gasteiger partial charge on any atom is -0.446 e. The second kappa shape index (κ2) is 8.87. The molecule has 1 aliphatic heterocycles. The predicted molar refractivity (Wildman–Crippen MR) is 109 cm³/mol. The van der Waals surface area contributed by atoms with Crippen molar-refractivity contribution in [3.63, 3.8) is 0 Å². The van der Waals surface area contributed by atoms with Gasteiger partial charge in [-0.2, -0.15) is 0 Å². The molecule has 0 N–H and O–H groups in total. The molecular weight excluding hydrogens is 386 g/mol. The Morgan fingerprint density at radius 2 is 1.73 bits per heavy atom. The average Bonchev–Trinajstić information content (AvgIpc) is 2.80. The normalized spacial score (nSPS) is 15.0. The fourth-order valence-electron chi connectivity index (χ4n) is 3.36. The Hall–Kier alpha value is -3.52. The van der Waals surface area contributed by atoms with Crippen molar-refractivity contribution in [2.24, 2.45) is 0 Å². The standard InChI is InChI=1S/C22H21N3O5/c26-19(14-25-15-23-18-9-5-4-8-17(18)21(25)27)30-20(16-6-2-1-3-7-16)22(28)24-10-12-29-13-11-24/h1-9,15,20H,10-14H2/t20-/m1/s1. The molecule has 1 amide bonds. The van der Waals surface area contributed by atoms with Gasteiger partial charge in [0.15, 0.2) is 0 Å². The van der Waals surface area contributed by atoms with E-state index in [2.05, 4.69) is 4.98 Å². The average molecular weight is 407 g/mol. The molecule has 1 aromatic heterocycles. The molecule has 0 radical (unpaired) electrons. The summed E-state index contributed by atoms with van der Waals surface area (Å²) in [6.07, 6.45) is 0.230.